The summed E-state index contributed by atoms with van der Waals surface area (Å²) in [6.45, 7) is 0.591. The van der Waals surface area contributed by atoms with Gasteiger partial charge in [-0.25, -0.2) is 4.79 Å². The number of aromatic carboxylic acids is 1. The van der Waals surface area contributed by atoms with Crippen LogP contribution in [0.2, 0.25) is 0 Å². The van der Waals surface area contributed by atoms with E-state index >= 15 is 0 Å². The number of hydrogen-bond donors (Lipinski definition) is 3. The Morgan fingerprint density at radius 2 is 2.19 bits per heavy atom. The van der Waals surface area contributed by atoms with Gasteiger partial charge in [-0.1, -0.05) is 6.07 Å². The molecule has 0 saturated carbocycles. The van der Waals surface area contributed by atoms with Gasteiger partial charge in [-0.15, -0.1) is 12.4 Å². The summed E-state index contributed by atoms with van der Waals surface area (Å²) in [6.07, 6.45) is 2.68. The number of aromatic nitrogens is 1. The van der Waals surface area contributed by atoms with Crippen LogP contribution in [0.15, 0.2) is 24.4 Å². The van der Waals surface area contributed by atoms with Crippen LogP contribution in [0.1, 0.15) is 15.9 Å². The van der Waals surface area contributed by atoms with Crippen molar-refractivity contribution in [1.29, 1.82) is 0 Å². The highest BCUT2D eigenvalue weighted by molar-refractivity contribution is 5.94. The second-order valence-corrected chi connectivity index (χ2v) is 3.42. The molecule has 0 spiro atoms. The summed E-state index contributed by atoms with van der Waals surface area (Å²) >= 11 is 0. The molecule has 2 aromatic rings. The monoisotopic (exact) mass is 240 g/mol. The SMILES string of the molecule is Cl.NCCc1c[nH]c2cc(C(=O)O)ccc12. The number of aromatic amines is 1. The van der Waals surface area contributed by atoms with Gasteiger partial charge in [0.1, 0.15) is 0 Å². The molecule has 0 aliphatic rings. The minimum atomic E-state index is -0.910. The van der Waals surface area contributed by atoms with E-state index in [-0.39, 0.29) is 12.4 Å². The van der Waals surface area contributed by atoms with E-state index < -0.39 is 5.97 Å². The minimum absolute atomic E-state index is 0. The molecule has 0 amide bonds. The summed E-state index contributed by atoms with van der Waals surface area (Å²) in [5.74, 6) is -0.910. The third kappa shape index (κ3) is 2.18. The highest BCUT2D eigenvalue weighted by Crippen LogP contribution is 2.19. The lowest BCUT2D eigenvalue weighted by Crippen LogP contribution is -2.01. The van der Waals surface area contributed by atoms with Crippen molar-refractivity contribution in [1.82, 2.24) is 4.98 Å². The van der Waals surface area contributed by atoms with E-state index in [0.717, 1.165) is 22.9 Å². The molecule has 4 N–H and O–H groups in total. The Labute approximate surface area is 98.9 Å². The molecule has 5 heteroatoms. The Kier molecular flexibility index (Phi) is 3.93. The van der Waals surface area contributed by atoms with Crippen molar-refractivity contribution >= 4 is 29.3 Å². The highest BCUT2D eigenvalue weighted by Gasteiger charge is 2.07. The number of benzene rings is 1. The zero-order valence-corrected chi connectivity index (χ0v) is 9.38. The van der Waals surface area contributed by atoms with Crippen LogP contribution in [0.25, 0.3) is 10.9 Å². The van der Waals surface area contributed by atoms with Crippen molar-refractivity contribution < 1.29 is 9.90 Å². The fourth-order valence-electron chi connectivity index (χ4n) is 1.68. The number of carboxylic acid groups (broad SMARTS) is 1. The Bertz CT molecular complexity index is 508. The lowest BCUT2D eigenvalue weighted by Gasteiger charge is -1.97. The third-order valence-corrected chi connectivity index (χ3v) is 2.43. The van der Waals surface area contributed by atoms with Crippen LogP contribution in [0.3, 0.4) is 0 Å². The Balaban J connectivity index is 0.00000128. The van der Waals surface area contributed by atoms with Gasteiger partial charge in [0.2, 0.25) is 0 Å². The van der Waals surface area contributed by atoms with Gasteiger partial charge in [0, 0.05) is 17.1 Å². The number of halogens is 1. The van der Waals surface area contributed by atoms with Crippen molar-refractivity contribution in [2.45, 2.75) is 6.42 Å². The molecule has 0 aliphatic carbocycles. The fraction of sp³-hybridized carbons (Fsp3) is 0.182. The Morgan fingerprint density at radius 1 is 1.44 bits per heavy atom. The topological polar surface area (TPSA) is 79.1 Å². The summed E-state index contributed by atoms with van der Waals surface area (Å²) in [5, 5.41) is 9.87. The van der Waals surface area contributed by atoms with Crippen LogP contribution >= 0.6 is 12.4 Å². The van der Waals surface area contributed by atoms with Gasteiger partial charge in [0.05, 0.1) is 5.56 Å². The molecule has 4 nitrogen and oxygen atoms in total. The molecule has 1 aromatic carbocycles. The molecule has 0 radical (unpaired) electrons. The van der Waals surface area contributed by atoms with Gasteiger partial charge in [0.25, 0.3) is 0 Å². The summed E-state index contributed by atoms with van der Waals surface area (Å²) in [5.41, 5.74) is 7.75. The molecule has 0 saturated heterocycles. The largest absolute Gasteiger partial charge is 0.478 e. The van der Waals surface area contributed by atoms with E-state index in [1.807, 2.05) is 12.3 Å². The van der Waals surface area contributed by atoms with Crippen molar-refractivity contribution in [3.05, 3.63) is 35.5 Å². The quantitative estimate of drug-likeness (QED) is 0.765. The molecule has 0 atom stereocenters. The molecule has 0 unspecified atom stereocenters. The third-order valence-electron chi connectivity index (χ3n) is 2.43. The summed E-state index contributed by atoms with van der Waals surface area (Å²) in [7, 11) is 0. The van der Waals surface area contributed by atoms with Crippen LogP contribution in [-0.4, -0.2) is 22.6 Å². The van der Waals surface area contributed by atoms with E-state index in [1.54, 1.807) is 12.1 Å². The van der Waals surface area contributed by atoms with E-state index in [2.05, 4.69) is 4.98 Å². The molecule has 0 fully saturated rings. The number of nitrogens with one attached hydrogen (secondary N) is 1. The van der Waals surface area contributed by atoms with E-state index in [0.29, 0.717) is 12.1 Å². The molecular weight excluding hydrogens is 228 g/mol. The maximum Gasteiger partial charge on any atom is 0.335 e. The van der Waals surface area contributed by atoms with E-state index in [1.165, 1.54) is 0 Å². The Hall–Kier alpha value is -1.52. The number of hydrogen-bond acceptors (Lipinski definition) is 2. The van der Waals surface area contributed by atoms with Gasteiger partial charge < -0.3 is 15.8 Å². The fourth-order valence-corrected chi connectivity index (χ4v) is 1.68. The second kappa shape index (κ2) is 5.01. The van der Waals surface area contributed by atoms with E-state index in [9.17, 15) is 4.79 Å². The first-order valence-corrected chi connectivity index (χ1v) is 4.75. The van der Waals surface area contributed by atoms with E-state index in [4.69, 9.17) is 10.8 Å². The molecule has 2 rings (SSSR count). The molecule has 0 aliphatic heterocycles. The number of rotatable bonds is 3. The van der Waals surface area contributed by atoms with Crippen molar-refractivity contribution in [2.24, 2.45) is 5.73 Å². The van der Waals surface area contributed by atoms with Gasteiger partial charge in [0.15, 0.2) is 0 Å². The number of H-pyrrole nitrogens is 1. The Morgan fingerprint density at radius 3 is 2.81 bits per heavy atom. The molecule has 16 heavy (non-hydrogen) atoms. The van der Waals surface area contributed by atoms with Gasteiger partial charge in [-0.3, -0.25) is 0 Å². The maximum atomic E-state index is 10.7. The predicted octanol–water partition coefficient (Wildman–Crippen LogP) is 1.79. The molecular formula is C11H13ClN2O2. The normalized spacial score (nSPS) is 10.1. The molecule has 1 heterocycles. The van der Waals surface area contributed by atoms with Crippen molar-refractivity contribution in [3.8, 4) is 0 Å². The smallest absolute Gasteiger partial charge is 0.335 e. The standard InChI is InChI=1S/C11H12N2O2.ClH/c12-4-3-8-6-13-10-5-7(11(14)15)1-2-9(8)10;/h1-2,5-6,13H,3-4,12H2,(H,14,15);1H. The predicted molar refractivity (Wildman–Crippen MR) is 65.3 cm³/mol. The second-order valence-electron chi connectivity index (χ2n) is 3.42. The van der Waals surface area contributed by atoms with Crippen LogP contribution < -0.4 is 5.73 Å². The summed E-state index contributed by atoms with van der Waals surface area (Å²) in [6, 6.07) is 5.07. The summed E-state index contributed by atoms with van der Waals surface area (Å²) < 4.78 is 0. The highest BCUT2D eigenvalue weighted by atomic mass is 35.5. The number of nitrogens with two attached hydrogens (primary N) is 1. The van der Waals surface area contributed by atoms with Crippen LogP contribution in [0, 0.1) is 0 Å². The van der Waals surface area contributed by atoms with Gasteiger partial charge in [-0.05, 0) is 30.7 Å². The van der Waals surface area contributed by atoms with Crippen LogP contribution in [0.4, 0.5) is 0 Å². The van der Waals surface area contributed by atoms with Gasteiger partial charge >= 0.3 is 5.97 Å². The average molecular weight is 241 g/mol. The van der Waals surface area contributed by atoms with Gasteiger partial charge in [-0.2, -0.15) is 0 Å². The summed E-state index contributed by atoms with van der Waals surface area (Å²) in [4.78, 5) is 13.8. The minimum Gasteiger partial charge on any atom is -0.478 e. The lowest BCUT2D eigenvalue weighted by molar-refractivity contribution is 0.0697. The average Bonchev–Trinajstić information content (AvgIpc) is 2.61. The molecule has 1 aromatic heterocycles. The number of carbonyl (C=O) groups is 1. The van der Waals surface area contributed by atoms with Crippen molar-refractivity contribution in [3.63, 3.8) is 0 Å². The van der Waals surface area contributed by atoms with Crippen LogP contribution in [0.5, 0.6) is 0 Å². The van der Waals surface area contributed by atoms with Crippen molar-refractivity contribution in [2.75, 3.05) is 6.54 Å². The maximum absolute atomic E-state index is 10.7. The first-order valence-electron chi connectivity index (χ1n) is 4.75. The first-order chi connectivity index (χ1) is 7.22. The van der Waals surface area contributed by atoms with Crippen LogP contribution in [-0.2, 0) is 6.42 Å². The number of carboxylic acids is 1. The lowest BCUT2D eigenvalue weighted by atomic mass is 10.1. The zero-order chi connectivity index (χ0) is 10.8. The molecule has 86 valence electrons. The zero-order valence-electron chi connectivity index (χ0n) is 8.56. The number of fused-ring (bicyclic) bond motifs is 1. The first kappa shape index (κ1) is 12.5. The molecule has 0 bridgehead atoms.